The smallest absolute Gasteiger partial charge is 0.338 e. The number of esters is 1. The molecule has 1 unspecified atom stereocenters. The molecule has 1 aromatic carbocycles. The Morgan fingerprint density at radius 2 is 2.16 bits per heavy atom. The van der Waals surface area contributed by atoms with Crippen molar-refractivity contribution in [3.63, 3.8) is 0 Å². The van der Waals surface area contributed by atoms with Gasteiger partial charge in [0.1, 0.15) is 5.82 Å². The van der Waals surface area contributed by atoms with E-state index in [1.54, 1.807) is 11.7 Å². The number of nitrogens with one attached hydrogen (secondary N) is 1. The molecule has 3 aliphatic heterocycles. The lowest BCUT2D eigenvalue weighted by Gasteiger charge is -2.45. The lowest BCUT2D eigenvalue weighted by atomic mass is 9.84. The Morgan fingerprint density at radius 3 is 2.80 bits per heavy atom. The number of nitrogens with zero attached hydrogens (tertiary/aromatic N) is 3. The first-order valence-electron chi connectivity index (χ1n) is 8.76. The molecule has 0 aliphatic carbocycles. The summed E-state index contributed by atoms with van der Waals surface area (Å²) < 4.78 is 20.3. The third kappa shape index (κ3) is 2.91. The van der Waals surface area contributed by atoms with Gasteiger partial charge in [-0.2, -0.15) is 5.10 Å². The highest BCUT2D eigenvalue weighted by Crippen LogP contribution is 2.29. The first kappa shape index (κ1) is 16.5. The molecule has 1 atom stereocenters. The number of carbonyl (C=O) groups excluding carboxylic acids is 1. The zero-order valence-corrected chi connectivity index (χ0v) is 14.6. The Morgan fingerprint density at radius 1 is 1.40 bits per heavy atom. The van der Waals surface area contributed by atoms with E-state index in [4.69, 9.17) is 4.74 Å². The van der Waals surface area contributed by atoms with E-state index in [2.05, 4.69) is 15.3 Å². The predicted molar refractivity (Wildman–Crippen MR) is 91.8 cm³/mol. The van der Waals surface area contributed by atoms with Crippen molar-refractivity contribution in [3.8, 4) is 0 Å². The Labute approximate surface area is 145 Å². The third-order valence-corrected chi connectivity index (χ3v) is 5.58. The van der Waals surface area contributed by atoms with Crippen LogP contribution < -0.4 is 5.32 Å². The third-order valence-electron chi connectivity index (χ3n) is 5.58. The molecule has 134 valence electrons. The maximum Gasteiger partial charge on any atom is 0.338 e. The van der Waals surface area contributed by atoms with Gasteiger partial charge in [0, 0.05) is 31.6 Å². The van der Waals surface area contributed by atoms with Crippen LogP contribution in [0.15, 0.2) is 12.1 Å². The van der Waals surface area contributed by atoms with E-state index in [9.17, 15) is 9.18 Å². The molecular weight excluding hydrogens is 323 g/mol. The summed E-state index contributed by atoms with van der Waals surface area (Å²) >= 11 is 0. The molecular formula is C18H23FN4O2. The van der Waals surface area contributed by atoms with Crippen molar-refractivity contribution < 1.29 is 13.9 Å². The van der Waals surface area contributed by atoms with Crippen LogP contribution in [0.1, 0.15) is 28.9 Å². The molecule has 1 N–H and O–H groups in total. The van der Waals surface area contributed by atoms with Crippen molar-refractivity contribution in [2.75, 3.05) is 26.7 Å². The number of carbonyl (C=O) groups is 1. The number of methoxy groups -OCH3 is 1. The number of halogens is 1. The summed E-state index contributed by atoms with van der Waals surface area (Å²) in [5.41, 5.74) is 1.59. The maximum atomic E-state index is 13.9. The van der Waals surface area contributed by atoms with Crippen LogP contribution >= 0.6 is 0 Å². The molecule has 3 saturated heterocycles. The Hall–Kier alpha value is -1.99. The first-order chi connectivity index (χ1) is 12.1. The van der Waals surface area contributed by atoms with Gasteiger partial charge >= 0.3 is 5.97 Å². The van der Waals surface area contributed by atoms with E-state index in [1.165, 1.54) is 45.2 Å². The molecule has 7 heteroatoms. The number of benzene rings is 1. The van der Waals surface area contributed by atoms with Gasteiger partial charge in [0.15, 0.2) is 0 Å². The molecule has 0 saturated carbocycles. The topological polar surface area (TPSA) is 59.4 Å². The highest BCUT2D eigenvalue weighted by atomic mass is 19.1. The van der Waals surface area contributed by atoms with E-state index >= 15 is 0 Å². The molecule has 25 heavy (non-hydrogen) atoms. The lowest BCUT2D eigenvalue weighted by molar-refractivity contribution is 0.0602. The number of rotatable bonds is 4. The molecule has 3 aliphatic rings. The van der Waals surface area contributed by atoms with Crippen LogP contribution in [0, 0.1) is 11.7 Å². The minimum Gasteiger partial charge on any atom is -0.465 e. The molecule has 4 heterocycles. The molecule has 3 fully saturated rings. The Kier molecular flexibility index (Phi) is 4.21. The standard InChI is InChI=1S/C18H23FN4O2/c1-22-16-8-12(19)7-13(18(24)25-2)17(16)14(21-22)9-20-15-10-23-5-3-11(15)4-6-23/h7-8,11,15,20H,3-6,9-10H2,1-2H3. The molecule has 1 aromatic heterocycles. The van der Waals surface area contributed by atoms with Gasteiger partial charge in [-0.3, -0.25) is 4.68 Å². The number of ether oxygens (including phenoxy) is 1. The van der Waals surface area contributed by atoms with Gasteiger partial charge in [-0.15, -0.1) is 0 Å². The molecule has 2 aromatic rings. The number of fused-ring (bicyclic) bond motifs is 4. The molecule has 0 amide bonds. The number of hydrogen-bond donors (Lipinski definition) is 1. The summed E-state index contributed by atoms with van der Waals surface area (Å²) in [6.07, 6.45) is 2.47. The van der Waals surface area contributed by atoms with Crippen LogP contribution in [0.3, 0.4) is 0 Å². The fourth-order valence-electron chi connectivity index (χ4n) is 4.25. The highest BCUT2D eigenvalue weighted by molar-refractivity contribution is 6.04. The van der Waals surface area contributed by atoms with Crippen LogP contribution in [0.2, 0.25) is 0 Å². The van der Waals surface area contributed by atoms with E-state index in [0.29, 0.717) is 29.4 Å². The van der Waals surface area contributed by atoms with Gasteiger partial charge in [-0.05, 0) is 44.0 Å². The summed E-state index contributed by atoms with van der Waals surface area (Å²) in [5, 5.41) is 8.80. The summed E-state index contributed by atoms with van der Waals surface area (Å²) in [7, 11) is 3.07. The molecule has 2 bridgehead atoms. The van der Waals surface area contributed by atoms with E-state index < -0.39 is 11.8 Å². The van der Waals surface area contributed by atoms with Crippen LogP contribution in [0.25, 0.3) is 10.9 Å². The van der Waals surface area contributed by atoms with Crippen molar-refractivity contribution in [1.82, 2.24) is 20.0 Å². The minimum atomic E-state index is -0.540. The van der Waals surface area contributed by atoms with Crippen LogP contribution in [0.4, 0.5) is 4.39 Å². The largest absolute Gasteiger partial charge is 0.465 e. The fourth-order valence-corrected chi connectivity index (χ4v) is 4.25. The normalized spacial score (nSPS) is 25.5. The Bertz CT molecular complexity index is 811. The quantitative estimate of drug-likeness (QED) is 0.854. The van der Waals surface area contributed by atoms with Crippen molar-refractivity contribution in [2.24, 2.45) is 13.0 Å². The van der Waals surface area contributed by atoms with Crippen molar-refractivity contribution in [2.45, 2.75) is 25.4 Å². The zero-order valence-electron chi connectivity index (χ0n) is 14.6. The summed E-state index contributed by atoms with van der Waals surface area (Å²) in [5.74, 6) is -0.299. The van der Waals surface area contributed by atoms with E-state index in [-0.39, 0.29) is 5.56 Å². The van der Waals surface area contributed by atoms with Crippen molar-refractivity contribution in [1.29, 1.82) is 0 Å². The second-order valence-corrected chi connectivity index (χ2v) is 7.03. The monoisotopic (exact) mass is 346 g/mol. The second-order valence-electron chi connectivity index (χ2n) is 7.03. The molecule has 6 nitrogen and oxygen atoms in total. The van der Waals surface area contributed by atoms with Gasteiger partial charge in [-0.1, -0.05) is 0 Å². The van der Waals surface area contributed by atoms with Crippen LogP contribution in [-0.4, -0.2) is 53.4 Å². The van der Waals surface area contributed by atoms with Crippen molar-refractivity contribution >= 4 is 16.9 Å². The van der Waals surface area contributed by atoms with Gasteiger partial charge < -0.3 is 15.0 Å². The maximum absolute atomic E-state index is 13.9. The second kappa shape index (κ2) is 6.38. The molecule has 0 spiro atoms. The lowest BCUT2D eigenvalue weighted by Crippen LogP contribution is -2.55. The van der Waals surface area contributed by atoms with Crippen LogP contribution in [-0.2, 0) is 18.3 Å². The summed E-state index contributed by atoms with van der Waals surface area (Å²) in [4.78, 5) is 14.6. The average molecular weight is 346 g/mol. The van der Waals surface area contributed by atoms with Gasteiger partial charge in [0.25, 0.3) is 0 Å². The average Bonchev–Trinajstić information content (AvgIpc) is 2.95. The number of piperidine rings is 3. The van der Waals surface area contributed by atoms with E-state index in [0.717, 1.165) is 12.2 Å². The minimum absolute atomic E-state index is 0.233. The number of aryl methyl sites for hydroxylation is 1. The SMILES string of the molecule is COC(=O)c1cc(F)cc2c1c(CNC1CN3CCC1CC3)nn2C. The Balaban J connectivity index is 1.64. The molecule has 5 rings (SSSR count). The molecule has 0 radical (unpaired) electrons. The zero-order chi connectivity index (χ0) is 17.6. The predicted octanol–water partition coefficient (Wildman–Crippen LogP) is 1.68. The first-order valence-corrected chi connectivity index (χ1v) is 8.76. The van der Waals surface area contributed by atoms with E-state index in [1.807, 2.05) is 0 Å². The van der Waals surface area contributed by atoms with Gasteiger partial charge in [0.2, 0.25) is 0 Å². The summed E-state index contributed by atoms with van der Waals surface area (Å²) in [6, 6.07) is 3.08. The number of hydrogen-bond acceptors (Lipinski definition) is 5. The number of aromatic nitrogens is 2. The van der Waals surface area contributed by atoms with Gasteiger partial charge in [0.05, 0.1) is 23.9 Å². The van der Waals surface area contributed by atoms with Crippen molar-refractivity contribution in [3.05, 3.63) is 29.2 Å². The highest BCUT2D eigenvalue weighted by Gasteiger charge is 2.34. The summed E-state index contributed by atoms with van der Waals surface area (Å²) in [6.45, 7) is 4.01. The van der Waals surface area contributed by atoms with Crippen LogP contribution in [0.5, 0.6) is 0 Å². The fraction of sp³-hybridized carbons (Fsp3) is 0.556. The van der Waals surface area contributed by atoms with Gasteiger partial charge in [-0.25, -0.2) is 9.18 Å².